The van der Waals surface area contributed by atoms with Crippen LogP contribution >= 0.6 is 0 Å². The Labute approximate surface area is 160 Å². The fourth-order valence-corrected chi connectivity index (χ4v) is 3.67. The normalized spacial score (nSPS) is 15.5. The van der Waals surface area contributed by atoms with Crippen LogP contribution in [0.25, 0.3) is 0 Å². The van der Waals surface area contributed by atoms with E-state index in [0.717, 1.165) is 62.1 Å². The van der Waals surface area contributed by atoms with Crippen molar-refractivity contribution >= 4 is 5.82 Å². The number of anilines is 1. The van der Waals surface area contributed by atoms with E-state index in [1.54, 1.807) is 0 Å². The molecule has 3 rings (SSSR count). The minimum Gasteiger partial charge on any atom is -0.365 e. The first-order valence-electron chi connectivity index (χ1n) is 9.66. The molecule has 2 heterocycles. The smallest absolute Gasteiger partial charge is 0.167 e. The Hall–Kier alpha value is -2.52. The van der Waals surface area contributed by atoms with Crippen LogP contribution in [0, 0.1) is 17.1 Å². The first kappa shape index (κ1) is 19.2. The molecule has 1 aromatic carbocycles. The Morgan fingerprint density at radius 3 is 2.44 bits per heavy atom. The van der Waals surface area contributed by atoms with Crippen molar-refractivity contribution in [3.8, 4) is 6.07 Å². The van der Waals surface area contributed by atoms with Crippen LogP contribution in [-0.4, -0.2) is 34.2 Å². The number of likely N-dealkylation sites (tertiary alicyclic amines) is 1. The van der Waals surface area contributed by atoms with E-state index in [-0.39, 0.29) is 11.9 Å². The van der Waals surface area contributed by atoms with Crippen LogP contribution < -0.4 is 5.32 Å². The van der Waals surface area contributed by atoms with E-state index in [2.05, 4.69) is 33.4 Å². The van der Waals surface area contributed by atoms with Gasteiger partial charge in [0.2, 0.25) is 0 Å². The Morgan fingerprint density at radius 1 is 1.15 bits per heavy atom. The maximum absolute atomic E-state index is 13.0. The summed E-state index contributed by atoms with van der Waals surface area (Å²) >= 11 is 0. The zero-order chi connectivity index (χ0) is 19.2. The highest BCUT2D eigenvalue weighted by Crippen LogP contribution is 2.23. The van der Waals surface area contributed by atoms with E-state index in [0.29, 0.717) is 11.4 Å². The number of hydrogen-bond donors (Lipinski definition) is 1. The average molecular weight is 367 g/mol. The molecular weight excluding hydrogens is 341 g/mol. The van der Waals surface area contributed by atoms with Gasteiger partial charge in [-0.05, 0) is 48.9 Å². The Kier molecular flexibility index (Phi) is 6.36. The molecule has 0 saturated carbocycles. The second-order valence-electron chi connectivity index (χ2n) is 6.99. The van der Waals surface area contributed by atoms with E-state index in [1.807, 2.05) is 19.1 Å². The molecule has 1 N–H and O–H groups in total. The Balaban J connectivity index is 1.61. The number of nitrogens with zero attached hydrogens (tertiary/aromatic N) is 4. The number of halogens is 1. The third-order valence-corrected chi connectivity index (χ3v) is 5.21. The molecule has 6 heteroatoms. The molecule has 0 bridgehead atoms. The maximum Gasteiger partial charge on any atom is 0.167 e. The van der Waals surface area contributed by atoms with E-state index < -0.39 is 0 Å². The number of aromatic nitrogens is 2. The second-order valence-corrected chi connectivity index (χ2v) is 6.99. The van der Waals surface area contributed by atoms with Crippen LogP contribution in [0.1, 0.15) is 49.1 Å². The lowest BCUT2D eigenvalue weighted by Crippen LogP contribution is -2.39. The van der Waals surface area contributed by atoms with E-state index >= 15 is 0 Å². The van der Waals surface area contributed by atoms with Gasteiger partial charge in [0.05, 0.1) is 5.69 Å². The number of piperidine rings is 1. The van der Waals surface area contributed by atoms with Gasteiger partial charge >= 0.3 is 0 Å². The third-order valence-electron chi connectivity index (χ3n) is 5.21. The number of hydrogen-bond acceptors (Lipinski definition) is 5. The van der Waals surface area contributed by atoms with Crippen molar-refractivity contribution in [3.05, 3.63) is 52.5 Å². The van der Waals surface area contributed by atoms with Gasteiger partial charge in [-0.15, -0.1) is 5.10 Å². The fraction of sp³-hybridized carbons (Fsp3) is 0.476. The van der Waals surface area contributed by atoms with Crippen molar-refractivity contribution in [3.63, 3.8) is 0 Å². The van der Waals surface area contributed by atoms with E-state index in [4.69, 9.17) is 0 Å². The summed E-state index contributed by atoms with van der Waals surface area (Å²) in [5.41, 5.74) is 3.68. The molecular formula is C21H26FN5. The molecule has 0 unspecified atom stereocenters. The summed E-state index contributed by atoms with van der Waals surface area (Å²) in [5.74, 6) is 0.417. The molecule has 5 nitrogen and oxygen atoms in total. The van der Waals surface area contributed by atoms with Gasteiger partial charge in [0.15, 0.2) is 5.82 Å². The molecule has 1 saturated heterocycles. The quantitative estimate of drug-likeness (QED) is 0.844. The van der Waals surface area contributed by atoms with Gasteiger partial charge in [0, 0.05) is 25.7 Å². The summed E-state index contributed by atoms with van der Waals surface area (Å²) in [4.78, 5) is 2.37. The van der Waals surface area contributed by atoms with E-state index in [1.165, 1.54) is 12.1 Å². The number of rotatable bonds is 6. The first-order valence-corrected chi connectivity index (χ1v) is 9.66. The van der Waals surface area contributed by atoms with Gasteiger partial charge in [-0.2, -0.15) is 10.4 Å². The van der Waals surface area contributed by atoms with Gasteiger partial charge in [0.1, 0.15) is 17.4 Å². The largest absolute Gasteiger partial charge is 0.365 e. The summed E-state index contributed by atoms with van der Waals surface area (Å²) in [6.07, 6.45) is 3.52. The van der Waals surface area contributed by atoms with Gasteiger partial charge in [-0.25, -0.2) is 4.39 Å². The lowest BCUT2D eigenvalue weighted by Gasteiger charge is -2.32. The molecule has 0 amide bonds. The Bertz CT molecular complexity index is 805. The highest BCUT2D eigenvalue weighted by molar-refractivity contribution is 5.57. The molecule has 1 fully saturated rings. The van der Waals surface area contributed by atoms with E-state index in [9.17, 15) is 9.65 Å². The summed E-state index contributed by atoms with van der Waals surface area (Å²) in [7, 11) is 0. The van der Waals surface area contributed by atoms with Gasteiger partial charge in [0.25, 0.3) is 0 Å². The minimum absolute atomic E-state index is 0.198. The second kappa shape index (κ2) is 8.92. The third kappa shape index (κ3) is 4.61. The molecule has 2 aromatic rings. The first-order chi connectivity index (χ1) is 13.1. The monoisotopic (exact) mass is 367 g/mol. The number of benzene rings is 1. The molecule has 0 aliphatic carbocycles. The minimum atomic E-state index is -0.198. The number of nitrogens with one attached hydrogen (secondary N) is 1. The standard InChI is InChI=1S/C21H26FN5/c1-3-18-19(13-23)21(26-25-20(18)4-2)24-17-9-11-27(12-10-17)14-15-5-7-16(22)8-6-15/h5-8,17H,3-4,9-12,14H2,1-2H3,(H,24,26). The van der Waals surface area contributed by atoms with Gasteiger partial charge in [-0.1, -0.05) is 26.0 Å². The Morgan fingerprint density at radius 2 is 1.85 bits per heavy atom. The van der Waals surface area contributed by atoms with Crippen LogP contribution in [0.2, 0.25) is 0 Å². The van der Waals surface area contributed by atoms with Crippen molar-refractivity contribution in [2.75, 3.05) is 18.4 Å². The lowest BCUT2D eigenvalue weighted by molar-refractivity contribution is 0.211. The fourth-order valence-electron chi connectivity index (χ4n) is 3.67. The number of aryl methyl sites for hydroxylation is 1. The highest BCUT2D eigenvalue weighted by atomic mass is 19.1. The summed E-state index contributed by atoms with van der Waals surface area (Å²) in [6.45, 7) is 6.83. The van der Waals surface area contributed by atoms with Crippen LogP contribution in [0.5, 0.6) is 0 Å². The topological polar surface area (TPSA) is 64.8 Å². The predicted molar refractivity (Wildman–Crippen MR) is 104 cm³/mol. The van der Waals surface area contributed by atoms with Crippen molar-refractivity contribution in [1.29, 1.82) is 5.26 Å². The molecule has 27 heavy (non-hydrogen) atoms. The molecule has 142 valence electrons. The average Bonchev–Trinajstić information content (AvgIpc) is 2.70. The number of nitriles is 1. The van der Waals surface area contributed by atoms with Crippen molar-refractivity contribution < 1.29 is 4.39 Å². The van der Waals surface area contributed by atoms with Gasteiger partial charge < -0.3 is 5.32 Å². The lowest BCUT2D eigenvalue weighted by atomic mass is 10.0. The molecule has 0 atom stereocenters. The maximum atomic E-state index is 13.0. The zero-order valence-corrected chi connectivity index (χ0v) is 16.0. The predicted octanol–water partition coefficient (Wildman–Crippen LogP) is 3.69. The summed E-state index contributed by atoms with van der Waals surface area (Å²) in [6, 6.07) is 9.31. The SMILES string of the molecule is CCc1nnc(NC2CCN(Cc3ccc(F)cc3)CC2)c(C#N)c1CC. The van der Waals surface area contributed by atoms with Crippen LogP contribution in [0.3, 0.4) is 0 Å². The van der Waals surface area contributed by atoms with Crippen LogP contribution in [-0.2, 0) is 19.4 Å². The molecule has 1 aliphatic heterocycles. The van der Waals surface area contributed by atoms with Crippen molar-refractivity contribution in [1.82, 2.24) is 15.1 Å². The summed E-state index contributed by atoms with van der Waals surface area (Å²) < 4.78 is 13.0. The summed E-state index contributed by atoms with van der Waals surface area (Å²) in [5, 5.41) is 21.7. The van der Waals surface area contributed by atoms with Crippen molar-refractivity contribution in [2.45, 2.75) is 52.1 Å². The van der Waals surface area contributed by atoms with Crippen LogP contribution in [0.15, 0.2) is 24.3 Å². The zero-order valence-electron chi connectivity index (χ0n) is 16.0. The van der Waals surface area contributed by atoms with Crippen LogP contribution in [0.4, 0.5) is 10.2 Å². The van der Waals surface area contributed by atoms with Crippen molar-refractivity contribution in [2.24, 2.45) is 0 Å². The molecule has 1 aliphatic rings. The molecule has 0 radical (unpaired) electrons. The molecule has 1 aromatic heterocycles. The molecule has 0 spiro atoms. The van der Waals surface area contributed by atoms with Gasteiger partial charge in [-0.3, -0.25) is 4.90 Å². The highest BCUT2D eigenvalue weighted by Gasteiger charge is 2.22.